The number of ether oxygens (including phenoxy) is 3. The van der Waals surface area contributed by atoms with Crippen molar-refractivity contribution in [2.24, 2.45) is 0 Å². The van der Waals surface area contributed by atoms with Crippen LogP contribution in [0.2, 0.25) is 0 Å². The molecule has 0 unspecified atom stereocenters. The van der Waals surface area contributed by atoms with Crippen molar-refractivity contribution < 1.29 is 33.4 Å². The Labute approximate surface area is 254 Å². The lowest BCUT2D eigenvalue weighted by molar-refractivity contribution is -0.151. The van der Waals surface area contributed by atoms with E-state index in [0.29, 0.717) is 16.4 Å². The Balaban J connectivity index is 0. The molecule has 13 heteroatoms. The van der Waals surface area contributed by atoms with Gasteiger partial charge in [0.2, 0.25) is 0 Å². The monoisotopic (exact) mass is 642 g/mol. The molecule has 0 aliphatic rings. The van der Waals surface area contributed by atoms with Crippen LogP contribution in [0.1, 0.15) is 54.4 Å². The van der Waals surface area contributed by atoms with E-state index in [9.17, 15) is 19.2 Å². The van der Waals surface area contributed by atoms with Crippen LogP contribution in [0.25, 0.3) is 0 Å². The van der Waals surface area contributed by atoms with Crippen LogP contribution >= 0.6 is 71.5 Å². The number of hydrogen-bond acceptors (Lipinski definition) is 13. The Kier molecular flexibility index (Phi) is 22.6. The Hall–Kier alpha value is -0.860. The maximum Gasteiger partial charge on any atom is 0.330 e. The van der Waals surface area contributed by atoms with E-state index in [1.807, 2.05) is 13.8 Å². The van der Waals surface area contributed by atoms with E-state index in [1.54, 1.807) is 39.5 Å². The molecule has 0 atom stereocenters. The number of ketones is 1. The fourth-order valence-electron chi connectivity index (χ4n) is 1.99. The van der Waals surface area contributed by atoms with E-state index in [0.717, 1.165) is 21.1 Å². The predicted molar refractivity (Wildman–Crippen MR) is 172 cm³/mol. The van der Waals surface area contributed by atoms with Gasteiger partial charge in [-0.05, 0) is 51.7 Å². The minimum absolute atomic E-state index is 0.0193. The van der Waals surface area contributed by atoms with Gasteiger partial charge in [0.25, 0.3) is 0 Å². The first-order valence-corrected chi connectivity index (χ1v) is 16.1. The minimum atomic E-state index is -0.748. The van der Waals surface area contributed by atoms with Crippen LogP contribution in [0.15, 0.2) is 25.3 Å². The number of rotatable bonds is 15. The van der Waals surface area contributed by atoms with Crippen molar-refractivity contribution in [3.05, 3.63) is 25.3 Å². The third-order valence-corrected chi connectivity index (χ3v) is 9.09. The van der Waals surface area contributed by atoms with Gasteiger partial charge in [-0.25, -0.2) is 4.79 Å². The normalized spacial score (nSPS) is 10.8. The number of carbonyl (C=O) groups excluding carboxylic acids is 4. The first-order valence-electron chi connectivity index (χ1n) is 11.7. The lowest BCUT2D eigenvalue weighted by Gasteiger charge is -2.21. The second-order valence-corrected chi connectivity index (χ2v) is 16.2. The Morgan fingerprint density at radius 3 is 1.55 bits per heavy atom. The number of thiocarbonyl (C=S) groups is 2. The molecule has 0 aromatic rings. The summed E-state index contributed by atoms with van der Waals surface area (Å²) in [4.78, 5) is 45.5. The molecule has 0 amide bonds. The molecule has 0 heterocycles. The van der Waals surface area contributed by atoms with Gasteiger partial charge in [-0.1, -0.05) is 75.0 Å². The van der Waals surface area contributed by atoms with Crippen LogP contribution in [0.3, 0.4) is 0 Å². The lowest BCUT2D eigenvalue weighted by atomic mass is 10.2. The van der Waals surface area contributed by atoms with E-state index in [2.05, 4.69) is 13.2 Å². The highest BCUT2D eigenvalue weighted by molar-refractivity contribution is 8.48. The standard InChI is InChI=1S/C13H20O3S3.C12H18O4S3/c1-5-10(14)8-7-9-16-11(15)13(3,4)19-12(17)18-6-2;1-5-9(13)15-7-8-16-10(14)12(3,4)19-11(17)18-6-2/h5H,1,6-9H2,2-4H3;5H,1,6-8H2,2-4H3. The van der Waals surface area contributed by atoms with Crippen LogP contribution in [0.5, 0.6) is 0 Å². The average Bonchev–Trinajstić information content (AvgIpc) is 2.83. The van der Waals surface area contributed by atoms with Crippen molar-refractivity contribution in [3.8, 4) is 0 Å². The van der Waals surface area contributed by atoms with E-state index < -0.39 is 15.5 Å². The van der Waals surface area contributed by atoms with Crippen molar-refractivity contribution >= 4 is 102 Å². The SMILES string of the molecule is C=CC(=O)CCCOC(=O)C(C)(C)SC(=S)SCC.C=CC(=O)OCCOC(=O)C(C)(C)SC(=S)SCC. The highest BCUT2D eigenvalue weighted by Gasteiger charge is 2.32. The first kappa shape index (κ1) is 39.3. The van der Waals surface area contributed by atoms with Crippen molar-refractivity contribution in [2.75, 3.05) is 31.3 Å². The molecule has 0 radical (unpaired) electrons. The molecule has 0 aromatic heterocycles. The summed E-state index contributed by atoms with van der Waals surface area (Å²) in [5.41, 5.74) is 0. The summed E-state index contributed by atoms with van der Waals surface area (Å²) in [6.45, 7) is 18.0. The summed E-state index contributed by atoms with van der Waals surface area (Å²) < 4.78 is 14.9. The number of hydrogen-bond donors (Lipinski definition) is 0. The van der Waals surface area contributed by atoms with Crippen LogP contribution < -0.4 is 0 Å². The van der Waals surface area contributed by atoms with Gasteiger partial charge in [-0.15, -0.1) is 23.5 Å². The molecule has 0 fully saturated rings. The van der Waals surface area contributed by atoms with Gasteiger partial charge in [0.15, 0.2) is 5.78 Å². The quantitative estimate of drug-likeness (QED) is 0.0647. The number of allylic oxidation sites excluding steroid dienone is 1. The summed E-state index contributed by atoms with van der Waals surface area (Å²) in [5, 5.41) is 0. The molecule has 7 nitrogen and oxygen atoms in total. The molecule has 0 saturated heterocycles. The van der Waals surface area contributed by atoms with Crippen LogP contribution in [0, 0.1) is 0 Å². The van der Waals surface area contributed by atoms with Crippen LogP contribution in [-0.4, -0.2) is 71.6 Å². The molecule has 216 valence electrons. The van der Waals surface area contributed by atoms with E-state index in [1.165, 1.54) is 41.4 Å². The van der Waals surface area contributed by atoms with Crippen molar-refractivity contribution in [3.63, 3.8) is 0 Å². The van der Waals surface area contributed by atoms with Crippen LogP contribution in [0.4, 0.5) is 0 Å². The smallest absolute Gasteiger partial charge is 0.330 e. The van der Waals surface area contributed by atoms with Crippen molar-refractivity contribution in [1.29, 1.82) is 0 Å². The molecule has 0 spiro atoms. The largest absolute Gasteiger partial charge is 0.465 e. The topological polar surface area (TPSA) is 96.0 Å². The molecular formula is C25H38O7S6. The minimum Gasteiger partial charge on any atom is -0.465 e. The Morgan fingerprint density at radius 1 is 0.737 bits per heavy atom. The fourth-order valence-corrected chi connectivity index (χ4v) is 7.97. The molecule has 0 N–H and O–H groups in total. The molecule has 0 saturated carbocycles. The van der Waals surface area contributed by atoms with Gasteiger partial charge < -0.3 is 14.2 Å². The summed E-state index contributed by atoms with van der Waals surface area (Å²) in [5.74, 6) is 0.499. The molecule has 0 rings (SSSR count). The second kappa shape index (κ2) is 21.9. The molecule has 0 aliphatic carbocycles. The maximum absolute atomic E-state index is 11.9. The maximum atomic E-state index is 11.9. The van der Waals surface area contributed by atoms with E-state index in [4.69, 9.17) is 38.6 Å². The van der Waals surface area contributed by atoms with Gasteiger partial charge in [0.1, 0.15) is 29.8 Å². The molecule has 0 bridgehead atoms. The second-order valence-electron chi connectivity index (χ2n) is 8.01. The number of esters is 3. The third-order valence-electron chi connectivity index (χ3n) is 3.94. The van der Waals surface area contributed by atoms with Gasteiger partial charge in [-0.3, -0.25) is 14.4 Å². The zero-order valence-corrected chi connectivity index (χ0v) is 27.7. The number of carbonyl (C=O) groups is 4. The highest BCUT2D eigenvalue weighted by Crippen LogP contribution is 2.32. The zero-order chi connectivity index (χ0) is 29.8. The van der Waals surface area contributed by atoms with Gasteiger partial charge in [0, 0.05) is 12.5 Å². The summed E-state index contributed by atoms with van der Waals surface area (Å²) in [6.07, 6.45) is 3.21. The summed E-state index contributed by atoms with van der Waals surface area (Å²) in [7, 11) is 0. The summed E-state index contributed by atoms with van der Waals surface area (Å²) >= 11 is 16.0. The zero-order valence-electron chi connectivity index (χ0n) is 22.8. The average molecular weight is 643 g/mol. The molecule has 0 aromatic carbocycles. The first-order chi connectivity index (χ1) is 17.7. The molecule has 38 heavy (non-hydrogen) atoms. The van der Waals surface area contributed by atoms with Crippen molar-refractivity contribution in [2.45, 2.75) is 63.9 Å². The Morgan fingerprint density at radius 2 is 1.16 bits per heavy atom. The molecular weight excluding hydrogens is 605 g/mol. The fraction of sp³-hybridized carbons (Fsp3) is 0.600. The van der Waals surface area contributed by atoms with Gasteiger partial charge in [0.05, 0.1) is 6.61 Å². The van der Waals surface area contributed by atoms with E-state index >= 15 is 0 Å². The van der Waals surface area contributed by atoms with E-state index in [-0.39, 0.29) is 37.5 Å². The van der Waals surface area contributed by atoms with Gasteiger partial charge in [-0.2, -0.15) is 0 Å². The van der Waals surface area contributed by atoms with Gasteiger partial charge >= 0.3 is 17.9 Å². The highest BCUT2D eigenvalue weighted by atomic mass is 32.2. The Bertz CT molecular complexity index is 772. The predicted octanol–water partition coefficient (Wildman–Crippen LogP) is 6.42. The van der Waals surface area contributed by atoms with Crippen LogP contribution in [-0.2, 0) is 33.4 Å². The third kappa shape index (κ3) is 20.1. The summed E-state index contributed by atoms with van der Waals surface area (Å²) in [6, 6.07) is 0. The lowest BCUT2D eigenvalue weighted by Crippen LogP contribution is -2.32. The molecule has 0 aliphatic heterocycles. The van der Waals surface area contributed by atoms with Crippen molar-refractivity contribution in [1.82, 2.24) is 0 Å². The number of thioether (sulfide) groups is 4.